The third-order valence-electron chi connectivity index (χ3n) is 2.83. The Morgan fingerprint density at radius 2 is 2.05 bits per heavy atom. The van der Waals surface area contributed by atoms with Gasteiger partial charge in [0.25, 0.3) is 0 Å². The molecule has 2 heterocycles. The van der Waals surface area contributed by atoms with Crippen LogP contribution < -0.4 is 0 Å². The quantitative estimate of drug-likeness (QED) is 0.689. The van der Waals surface area contributed by atoms with Crippen LogP contribution in [-0.2, 0) is 6.54 Å². The number of nitrogens with zero attached hydrogens (tertiary/aromatic N) is 5. The Kier molecular flexibility index (Phi) is 3.90. The zero-order valence-corrected chi connectivity index (χ0v) is 12.6. The molecule has 0 saturated heterocycles. The molecule has 0 radical (unpaired) electrons. The van der Waals surface area contributed by atoms with Crippen molar-refractivity contribution >= 4 is 23.2 Å². The van der Waals surface area contributed by atoms with Gasteiger partial charge in [0, 0.05) is 10.6 Å². The molecule has 1 aromatic carbocycles. The van der Waals surface area contributed by atoms with Gasteiger partial charge in [-0.1, -0.05) is 22.0 Å². The summed E-state index contributed by atoms with van der Waals surface area (Å²) in [5, 5.41) is 12.3. The first-order valence-electron chi connectivity index (χ1n) is 6.24. The SMILES string of the molecule is CC(Cl)c1cn(Cc2nc(-c3ccc(Cl)cc3)no2)nn1. The second-order valence-corrected chi connectivity index (χ2v) is 5.57. The minimum absolute atomic E-state index is 0.189. The summed E-state index contributed by atoms with van der Waals surface area (Å²) >= 11 is 11.8. The van der Waals surface area contributed by atoms with Gasteiger partial charge in [-0.05, 0) is 31.2 Å². The highest BCUT2D eigenvalue weighted by atomic mass is 35.5. The summed E-state index contributed by atoms with van der Waals surface area (Å²) in [5.41, 5.74) is 1.54. The van der Waals surface area contributed by atoms with Gasteiger partial charge in [-0.25, -0.2) is 4.68 Å². The smallest absolute Gasteiger partial charge is 0.248 e. The zero-order chi connectivity index (χ0) is 14.8. The molecular weight excluding hydrogens is 313 g/mol. The molecule has 0 fully saturated rings. The lowest BCUT2D eigenvalue weighted by atomic mass is 10.2. The van der Waals surface area contributed by atoms with E-state index in [2.05, 4.69) is 20.5 Å². The van der Waals surface area contributed by atoms with Gasteiger partial charge >= 0.3 is 0 Å². The van der Waals surface area contributed by atoms with Crippen LogP contribution in [0.3, 0.4) is 0 Å². The number of benzene rings is 1. The average molecular weight is 324 g/mol. The van der Waals surface area contributed by atoms with Crippen molar-refractivity contribution in [3.8, 4) is 11.4 Å². The topological polar surface area (TPSA) is 69.6 Å². The van der Waals surface area contributed by atoms with E-state index in [4.69, 9.17) is 27.7 Å². The van der Waals surface area contributed by atoms with E-state index >= 15 is 0 Å². The Morgan fingerprint density at radius 3 is 2.71 bits per heavy atom. The van der Waals surface area contributed by atoms with Crippen molar-refractivity contribution in [2.75, 3.05) is 0 Å². The lowest BCUT2D eigenvalue weighted by Crippen LogP contribution is -2.00. The fourth-order valence-corrected chi connectivity index (χ4v) is 1.97. The molecule has 0 saturated carbocycles. The van der Waals surface area contributed by atoms with Gasteiger partial charge in [-0.2, -0.15) is 4.98 Å². The highest BCUT2D eigenvalue weighted by molar-refractivity contribution is 6.30. The van der Waals surface area contributed by atoms with Crippen LogP contribution in [0.5, 0.6) is 0 Å². The van der Waals surface area contributed by atoms with Gasteiger partial charge < -0.3 is 4.52 Å². The van der Waals surface area contributed by atoms with Crippen molar-refractivity contribution in [1.82, 2.24) is 25.1 Å². The molecule has 0 aliphatic carbocycles. The predicted octanol–water partition coefficient (Wildman–Crippen LogP) is 3.33. The molecule has 108 valence electrons. The maximum absolute atomic E-state index is 5.94. The minimum atomic E-state index is -0.189. The normalized spacial score (nSPS) is 12.5. The summed E-state index contributed by atoms with van der Waals surface area (Å²) in [5.74, 6) is 0.950. The Balaban J connectivity index is 1.76. The molecular formula is C13H11Cl2N5O. The molecule has 8 heteroatoms. The van der Waals surface area contributed by atoms with Crippen molar-refractivity contribution in [2.24, 2.45) is 0 Å². The van der Waals surface area contributed by atoms with E-state index in [9.17, 15) is 0 Å². The molecule has 1 unspecified atom stereocenters. The number of hydrogen-bond donors (Lipinski definition) is 0. The third kappa shape index (κ3) is 3.22. The number of aromatic nitrogens is 5. The van der Waals surface area contributed by atoms with Crippen LogP contribution >= 0.6 is 23.2 Å². The fraction of sp³-hybridized carbons (Fsp3) is 0.231. The molecule has 0 aliphatic rings. The first kappa shape index (κ1) is 14.0. The molecule has 2 aromatic heterocycles. The van der Waals surface area contributed by atoms with E-state index in [0.717, 1.165) is 5.56 Å². The summed E-state index contributed by atoms with van der Waals surface area (Å²) in [6.45, 7) is 2.18. The van der Waals surface area contributed by atoms with Crippen LogP contribution in [0.2, 0.25) is 5.02 Å². The van der Waals surface area contributed by atoms with Crippen molar-refractivity contribution in [2.45, 2.75) is 18.8 Å². The standard InChI is InChI=1S/C13H11Cl2N5O/c1-8(14)11-6-20(19-17-11)7-12-16-13(18-21-12)9-2-4-10(15)5-3-9/h2-6,8H,7H2,1H3. The largest absolute Gasteiger partial charge is 0.337 e. The summed E-state index contributed by atoms with van der Waals surface area (Å²) in [6.07, 6.45) is 1.75. The maximum Gasteiger partial charge on any atom is 0.248 e. The van der Waals surface area contributed by atoms with E-state index in [1.807, 2.05) is 19.1 Å². The van der Waals surface area contributed by atoms with E-state index in [1.54, 1.807) is 23.0 Å². The molecule has 3 aromatic rings. The zero-order valence-electron chi connectivity index (χ0n) is 11.1. The molecule has 0 N–H and O–H groups in total. The molecule has 3 rings (SSSR count). The Morgan fingerprint density at radius 1 is 1.29 bits per heavy atom. The molecule has 21 heavy (non-hydrogen) atoms. The molecule has 0 aliphatic heterocycles. The van der Waals surface area contributed by atoms with E-state index in [1.165, 1.54) is 0 Å². The number of halogens is 2. The van der Waals surface area contributed by atoms with Crippen LogP contribution in [0.15, 0.2) is 35.0 Å². The van der Waals surface area contributed by atoms with Crippen LogP contribution in [0, 0.1) is 0 Å². The van der Waals surface area contributed by atoms with Gasteiger partial charge in [0.15, 0.2) is 0 Å². The van der Waals surface area contributed by atoms with Crippen LogP contribution in [0.1, 0.15) is 23.9 Å². The molecule has 0 spiro atoms. The summed E-state index contributed by atoms with van der Waals surface area (Å²) in [7, 11) is 0. The lowest BCUT2D eigenvalue weighted by Gasteiger charge is -1.94. The van der Waals surface area contributed by atoms with Crippen molar-refractivity contribution in [3.05, 3.63) is 47.1 Å². The predicted molar refractivity (Wildman–Crippen MR) is 78.1 cm³/mol. The highest BCUT2D eigenvalue weighted by Crippen LogP contribution is 2.19. The monoisotopic (exact) mass is 323 g/mol. The van der Waals surface area contributed by atoms with Gasteiger partial charge in [-0.3, -0.25) is 0 Å². The van der Waals surface area contributed by atoms with Gasteiger partial charge in [0.2, 0.25) is 11.7 Å². The van der Waals surface area contributed by atoms with Gasteiger partial charge in [-0.15, -0.1) is 16.7 Å². The van der Waals surface area contributed by atoms with Crippen molar-refractivity contribution < 1.29 is 4.52 Å². The van der Waals surface area contributed by atoms with Gasteiger partial charge in [0.1, 0.15) is 12.2 Å². The Hall–Kier alpha value is -1.92. The van der Waals surface area contributed by atoms with E-state index in [-0.39, 0.29) is 5.38 Å². The lowest BCUT2D eigenvalue weighted by molar-refractivity contribution is 0.364. The first-order chi connectivity index (χ1) is 10.1. The maximum atomic E-state index is 5.94. The Bertz CT molecular complexity index is 735. The first-order valence-corrected chi connectivity index (χ1v) is 7.06. The summed E-state index contributed by atoms with van der Waals surface area (Å²) < 4.78 is 6.81. The minimum Gasteiger partial charge on any atom is -0.337 e. The average Bonchev–Trinajstić information content (AvgIpc) is 3.10. The van der Waals surface area contributed by atoms with Crippen molar-refractivity contribution in [1.29, 1.82) is 0 Å². The summed E-state index contributed by atoms with van der Waals surface area (Å²) in [4.78, 5) is 4.32. The number of hydrogen-bond acceptors (Lipinski definition) is 5. The van der Waals surface area contributed by atoms with Crippen molar-refractivity contribution in [3.63, 3.8) is 0 Å². The van der Waals surface area contributed by atoms with Gasteiger partial charge in [0.05, 0.1) is 11.6 Å². The molecule has 6 nitrogen and oxygen atoms in total. The highest BCUT2D eigenvalue weighted by Gasteiger charge is 2.11. The number of rotatable bonds is 4. The van der Waals surface area contributed by atoms with Crippen LogP contribution in [0.25, 0.3) is 11.4 Å². The third-order valence-corrected chi connectivity index (χ3v) is 3.31. The fourth-order valence-electron chi connectivity index (χ4n) is 1.75. The van der Waals surface area contributed by atoms with E-state index in [0.29, 0.717) is 29.0 Å². The molecule has 1 atom stereocenters. The second-order valence-electron chi connectivity index (χ2n) is 4.48. The number of alkyl halides is 1. The molecule has 0 bridgehead atoms. The van der Waals surface area contributed by atoms with Crippen LogP contribution in [-0.4, -0.2) is 25.1 Å². The second kappa shape index (κ2) is 5.83. The van der Waals surface area contributed by atoms with E-state index < -0.39 is 0 Å². The summed E-state index contributed by atoms with van der Waals surface area (Å²) in [6, 6.07) is 7.22. The molecule has 0 amide bonds. The Labute approximate surface area is 130 Å². The van der Waals surface area contributed by atoms with Crippen LogP contribution in [0.4, 0.5) is 0 Å².